The molecular formula is C40H38CdN10O20+2. The summed E-state index contributed by atoms with van der Waals surface area (Å²) in [5, 5.41) is 81.7. The van der Waals surface area contributed by atoms with Crippen molar-refractivity contribution in [3.05, 3.63) is 154 Å². The summed E-state index contributed by atoms with van der Waals surface area (Å²) in [4.78, 5) is 109. The van der Waals surface area contributed by atoms with E-state index in [-0.39, 0.29) is 49.2 Å². The van der Waals surface area contributed by atoms with E-state index in [1.165, 1.54) is 12.7 Å². The molecule has 0 unspecified atom stereocenters. The number of para-hydroxylation sites is 4. The first kappa shape index (κ1) is 61.6. The van der Waals surface area contributed by atoms with E-state index in [4.69, 9.17) is 30.6 Å². The van der Waals surface area contributed by atoms with Crippen molar-refractivity contribution in [1.29, 1.82) is 0 Å². The Balaban J connectivity index is 0.000000900. The van der Waals surface area contributed by atoms with E-state index in [1.807, 2.05) is 48.5 Å². The van der Waals surface area contributed by atoms with Crippen LogP contribution >= 0.6 is 0 Å². The standard InChI is InChI=1S/2C10H9N5.2C10H6O8.Cd.4H2O/c2*1-2-4-9-8(3-1)13-10(14-9)5-15-7-11-6-12-15;2*11-7(12)3-1-4(8(13)14)6(10(17)18)2-5(3)9(15)16;;;;;/h2*1-4,6-7H,5H2,(H,13,14);2*1-2H,(H,11,12)(H,13,14)(H,15,16)(H,17,18);;4*1H2/q;;;;+2;;;;. The number of fused-ring (bicyclic) bond motifs is 2. The Kier molecular flexibility index (Phi) is 23.8. The largest absolute Gasteiger partial charge is 2.00 e. The molecule has 30 nitrogen and oxygen atoms in total. The number of rotatable bonds is 12. The number of nitrogens with zero attached hydrogens (tertiary/aromatic N) is 8. The number of H-pyrrole nitrogens is 2. The summed E-state index contributed by atoms with van der Waals surface area (Å²) in [6.45, 7) is 1.24. The zero-order valence-corrected chi connectivity index (χ0v) is 39.9. The van der Waals surface area contributed by atoms with Crippen LogP contribution in [0.15, 0.2) is 98.1 Å². The van der Waals surface area contributed by atoms with Crippen molar-refractivity contribution < 1.29 is 128 Å². The average molecular weight is 1090 g/mol. The summed E-state index contributed by atoms with van der Waals surface area (Å²) in [6, 6.07) is 17.7. The summed E-state index contributed by atoms with van der Waals surface area (Å²) in [5.74, 6) is -12.2. The Labute approximate surface area is 413 Å². The van der Waals surface area contributed by atoms with Crippen LogP contribution in [0.4, 0.5) is 0 Å². The van der Waals surface area contributed by atoms with Gasteiger partial charge in [0.25, 0.3) is 0 Å². The van der Waals surface area contributed by atoms with Gasteiger partial charge in [0.1, 0.15) is 50.0 Å². The molecule has 0 bridgehead atoms. The second kappa shape index (κ2) is 27.4. The summed E-state index contributed by atoms with van der Waals surface area (Å²) in [7, 11) is 0. The van der Waals surface area contributed by atoms with Crippen molar-refractivity contribution >= 4 is 69.8 Å². The van der Waals surface area contributed by atoms with Gasteiger partial charge >= 0.3 is 63.1 Å². The third-order valence-electron chi connectivity index (χ3n) is 8.57. The predicted molar refractivity (Wildman–Crippen MR) is 231 cm³/mol. The van der Waals surface area contributed by atoms with Gasteiger partial charge in [0, 0.05) is 11.1 Å². The molecule has 8 rings (SSSR count). The fourth-order valence-electron chi connectivity index (χ4n) is 5.70. The van der Waals surface area contributed by atoms with Gasteiger partial charge in [-0.25, -0.2) is 58.1 Å². The van der Waals surface area contributed by atoms with Crippen LogP contribution in [-0.2, 0) is 51.3 Å². The van der Waals surface area contributed by atoms with E-state index in [1.54, 1.807) is 22.0 Å². The molecule has 4 heterocycles. The average Bonchev–Trinajstić information content (AvgIpc) is 4.12. The number of hydrogen-bond donors (Lipinski definition) is 8. The number of benzene rings is 4. The smallest absolute Gasteiger partial charge is 0.545 e. The molecule has 0 atom stereocenters. The summed E-state index contributed by atoms with van der Waals surface area (Å²) in [6.07, 6.45) is 6.38. The maximum absolute atomic E-state index is 10.8. The zero-order valence-electron chi connectivity index (χ0n) is 35.9. The molecule has 0 spiro atoms. The van der Waals surface area contributed by atoms with Gasteiger partial charge in [-0.1, -0.05) is 24.3 Å². The van der Waals surface area contributed by atoms with E-state index < -0.39 is 92.3 Å². The van der Waals surface area contributed by atoms with Gasteiger partial charge in [0.2, 0.25) is 0 Å². The Bertz CT molecular complexity index is 2680. The maximum atomic E-state index is 10.8. The molecule has 31 heteroatoms. The second-order valence-electron chi connectivity index (χ2n) is 12.9. The molecule has 368 valence electrons. The van der Waals surface area contributed by atoms with E-state index in [2.05, 4.69) is 40.1 Å². The van der Waals surface area contributed by atoms with Gasteiger partial charge in [0.15, 0.2) is 0 Å². The second-order valence-corrected chi connectivity index (χ2v) is 12.9. The minimum Gasteiger partial charge on any atom is -0.545 e. The number of nitrogens with one attached hydrogen (secondary N) is 2. The number of carboxylic acids is 8. The van der Waals surface area contributed by atoms with Crippen molar-refractivity contribution in [2.45, 2.75) is 13.1 Å². The van der Waals surface area contributed by atoms with E-state index in [9.17, 15) is 48.6 Å². The van der Waals surface area contributed by atoms with Crippen molar-refractivity contribution in [1.82, 2.24) is 49.5 Å². The molecule has 0 aliphatic heterocycles. The molecule has 18 N–H and O–H groups in total. The Morgan fingerprint density at radius 2 is 0.732 bits per heavy atom. The molecule has 0 aliphatic rings. The first-order valence-electron chi connectivity index (χ1n) is 18.0. The summed E-state index contributed by atoms with van der Waals surface area (Å²) >= 11 is 0. The predicted octanol–water partition coefficient (Wildman–Crippen LogP) is -2.80. The van der Waals surface area contributed by atoms with Crippen molar-refractivity contribution in [3.63, 3.8) is 0 Å². The molecule has 0 aliphatic carbocycles. The number of aromatic carboxylic acids is 8. The molecule has 0 saturated heterocycles. The van der Waals surface area contributed by atoms with Gasteiger partial charge < -0.3 is 82.3 Å². The van der Waals surface area contributed by atoms with Gasteiger partial charge in [-0.3, -0.25) is 0 Å². The summed E-state index contributed by atoms with van der Waals surface area (Å²) in [5.41, 5.74) is -2.72. The molecular weight excluding hydrogens is 1050 g/mol. The van der Waals surface area contributed by atoms with Gasteiger partial charge in [0.05, 0.1) is 67.4 Å². The molecule has 0 radical (unpaired) electrons. The van der Waals surface area contributed by atoms with E-state index in [0.29, 0.717) is 37.4 Å². The fraction of sp³-hybridized carbons (Fsp3) is 0.0500. The third-order valence-corrected chi connectivity index (χ3v) is 8.57. The van der Waals surface area contributed by atoms with Crippen LogP contribution in [0.3, 0.4) is 0 Å². The van der Waals surface area contributed by atoms with E-state index in [0.717, 1.165) is 33.7 Å². The first-order valence-corrected chi connectivity index (χ1v) is 18.0. The number of carboxylic acid groups (broad SMARTS) is 8. The number of imidazole rings is 2. The Hall–Kier alpha value is -9.38. The monoisotopic (exact) mass is 1090 g/mol. The molecule has 4 aromatic heterocycles. The van der Waals surface area contributed by atoms with Gasteiger partial charge in [-0.15, -0.1) is 0 Å². The minimum absolute atomic E-state index is 0. The quantitative estimate of drug-likeness (QED) is 0.0452. The number of hydrogen-bond acceptors (Lipinski definition) is 16. The Morgan fingerprint density at radius 1 is 0.465 bits per heavy atom. The minimum atomic E-state index is -1.91. The molecule has 0 amide bonds. The summed E-state index contributed by atoms with van der Waals surface area (Å²) < 4.78 is 3.47. The fourth-order valence-corrected chi connectivity index (χ4v) is 5.70. The third kappa shape index (κ3) is 15.9. The molecule has 0 saturated carbocycles. The van der Waals surface area contributed by atoms with Crippen molar-refractivity contribution in [3.8, 4) is 0 Å². The Morgan fingerprint density at radius 3 is 0.972 bits per heavy atom. The van der Waals surface area contributed by atoms with Crippen molar-refractivity contribution in [2.24, 2.45) is 0 Å². The topological polar surface area (TPSA) is 552 Å². The van der Waals surface area contributed by atoms with Crippen LogP contribution in [0, 0.1) is 0 Å². The normalized spacial score (nSPS) is 9.58. The van der Waals surface area contributed by atoms with Crippen molar-refractivity contribution in [2.75, 3.05) is 0 Å². The van der Waals surface area contributed by atoms with Crippen LogP contribution in [0.1, 0.15) is 94.5 Å². The van der Waals surface area contributed by atoms with E-state index >= 15 is 0 Å². The number of carbonyl (C=O) groups is 8. The first-order chi connectivity index (χ1) is 31.3. The van der Waals surface area contributed by atoms with Crippen LogP contribution < -0.4 is 10.2 Å². The number of aromatic nitrogens is 10. The van der Waals surface area contributed by atoms with Crippen LogP contribution in [0.25, 0.3) is 22.1 Å². The molecule has 0 fully saturated rings. The maximum Gasteiger partial charge on any atom is 2.00 e. The zero-order chi connectivity index (χ0) is 48.2. The SMILES string of the molecule is O.O.O=C([O-])c1cc(C(=O)O)c(C(=O)O)cc1C(=O)O.O=C([O-])c1cc(C(=O)O)c(C(=O)O)cc1C(=O)O.[Cd+2].[OH3+].[OH3+].c1ccc2[nH]c(Cn3cncn3)nc2c1.c1ccc2[nH]c(Cn3cncn3)nc2c1. The molecule has 4 aromatic carbocycles. The van der Waals surface area contributed by atoms with Gasteiger partial charge in [-0.2, -0.15) is 10.2 Å². The van der Waals surface area contributed by atoms with Crippen LogP contribution in [0.2, 0.25) is 0 Å². The van der Waals surface area contributed by atoms with Crippen LogP contribution in [0.5, 0.6) is 0 Å². The van der Waals surface area contributed by atoms with Gasteiger partial charge in [-0.05, 0) is 48.5 Å². The number of carbonyl (C=O) groups excluding carboxylic acids is 2. The molecule has 8 aromatic rings. The van der Waals surface area contributed by atoms with Crippen LogP contribution in [-0.4, -0.2) is 139 Å². The molecule has 71 heavy (non-hydrogen) atoms. The number of aromatic amines is 2.